The molecule has 0 bridgehead atoms. The summed E-state index contributed by atoms with van der Waals surface area (Å²) < 4.78 is 6.35. The number of rotatable bonds is 6. The van der Waals surface area contributed by atoms with Crippen LogP contribution in [0.25, 0.3) is 0 Å². The fourth-order valence-corrected chi connectivity index (χ4v) is 4.04. The van der Waals surface area contributed by atoms with Gasteiger partial charge in [0.15, 0.2) is 19.7 Å². The van der Waals surface area contributed by atoms with Gasteiger partial charge in [-0.1, -0.05) is 51.1 Å². The van der Waals surface area contributed by atoms with Gasteiger partial charge >= 0.3 is 6.03 Å². The number of pyridine rings is 1. The van der Waals surface area contributed by atoms with E-state index in [4.69, 9.17) is 4.43 Å². The zero-order chi connectivity index (χ0) is 23.0. The number of aromatic nitrogens is 1. The standard InChI is InChI=1S/C21H26N4O5Si/c1-20(2,3)31(4,5)30-14-21(15-9-7-6-8-10-15)18(26)24(19(27)23-21)17-13-16(25(28)29)11-12-22-17/h6-13H,14H2,1-5H3,(H,23,27). The zero-order valence-electron chi connectivity index (χ0n) is 18.2. The van der Waals surface area contributed by atoms with Crippen molar-refractivity contribution in [3.8, 4) is 0 Å². The lowest BCUT2D eigenvalue weighted by molar-refractivity contribution is -0.384. The molecule has 1 aliphatic rings. The largest absolute Gasteiger partial charge is 0.414 e. The average molecular weight is 443 g/mol. The van der Waals surface area contributed by atoms with Crippen molar-refractivity contribution < 1.29 is 18.9 Å². The molecular formula is C21H26N4O5Si. The summed E-state index contributed by atoms with van der Waals surface area (Å²) in [5.41, 5.74) is -1.15. The summed E-state index contributed by atoms with van der Waals surface area (Å²) in [5.74, 6) is -0.697. The highest BCUT2D eigenvalue weighted by Crippen LogP contribution is 2.39. The van der Waals surface area contributed by atoms with E-state index >= 15 is 0 Å². The van der Waals surface area contributed by atoms with Gasteiger partial charge in [0.25, 0.3) is 11.6 Å². The molecule has 1 aromatic carbocycles. The minimum Gasteiger partial charge on any atom is -0.414 e. The van der Waals surface area contributed by atoms with Gasteiger partial charge in [0.05, 0.1) is 17.6 Å². The van der Waals surface area contributed by atoms with Crippen molar-refractivity contribution in [2.45, 2.75) is 44.4 Å². The molecule has 0 spiro atoms. The normalized spacial score (nSPS) is 19.5. The number of nitro groups is 1. The van der Waals surface area contributed by atoms with Crippen LogP contribution in [-0.4, -0.2) is 36.8 Å². The quantitative estimate of drug-likeness (QED) is 0.313. The van der Waals surface area contributed by atoms with Crippen LogP contribution in [0.5, 0.6) is 0 Å². The van der Waals surface area contributed by atoms with E-state index in [1.807, 2.05) is 6.07 Å². The molecule has 1 unspecified atom stereocenters. The Morgan fingerprint density at radius 2 is 1.84 bits per heavy atom. The van der Waals surface area contributed by atoms with Gasteiger partial charge < -0.3 is 9.74 Å². The van der Waals surface area contributed by atoms with E-state index in [0.717, 1.165) is 11.0 Å². The van der Waals surface area contributed by atoms with Gasteiger partial charge in [0, 0.05) is 12.3 Å². The molecule has 2 aromatic rings. The summed E-state index contributed by atoms with van der Waals surface area (Å²) in [6.45, 7) is 10.3. The minimum absolute atomic E-state index is 0.0521. The number of nitrogens with one attached hydrogen (secondary N) is 1. The first-order valence-electron chi connectivity index (χ1n) is 9.86. The van der Waals surface area contributed by atoms with Gasteiger partial charge in [-0.3, -0.25) is 14.9 Å². The Kier molecular flexibility index (Phi) is 5.72. The summed E-state index contributed by atoms with van der Waals surface area (Å²) in [6, 6.07) is 10.5. The van der Waals surface area contributed by atoms with Gasteiger partial charge in [0.2, 0.25) is 0 Å². The third-order valence-electron chi connectivity index (χ3n) is 5.98. The fourth-order valence-electron chi connectivity index (χ4n) is 3.03. The Labute approximate surface area is 181 Å². The predicted octanol–water partition coefficient (Wildman–Crippen LogP) is 3.96. The molecule has 10 heteroatoms. The summed E-state index contributed by atoms with van der Waals surface area (Å²) >= 11 is 0. The van der Waals surface area contributed by atoms with Gasteiger partial charge in [-0.2, -0.15) is 0 Å². The lowest BCUT2D eigenvalue weighted by Crippen LogP contribution is -2.52. The number of benzene rings is 1. The molecule has 1 N–H and O–H groups in total. The van der Waals surface area contributed by atoms with Crippen LogP contribution < -0.4 is 10.2 Å². The number of carbonyl (C=O) groups excluding carboxylic acids is 2. The Hall–Kier alpha value is -3.11. The van der Waals surface area contributed by atoms with Crippen LogP contribution in [0.1, 0.15) is 26.3 Å². The fraction of sp³-hybridized carbons (Fsp3) is 0.381. The smallest absolute Gasteiger partial charge is 0.331 e. The van der Waals surface area contributed by atoms with E-state index in [0.29, 0.717) is 5.56 Å². The van der Waals surface area contributed by atoms with E-state index in [1.54, 1.807) is 24.3 Å². The van der Waals surface area contributed by atoms with Gasteiger partial charge in [0.1, 0.15) is 0 Å². The third kappa shape index (κ3) is 4.08. The van der Waals surface area contributed by atoms with Crippen LogP contribution in [0.2, 0.25) is 18.1 Å². The topological polar surface area (TPSA) is 115 Å². The first-order chi connectivity index (χ1) is 14.4. The lowest BCUT2D eigenvalue weighted by Gasteiger charge is -2.39. The van der Waals surface area contributed by atoms with E-state index in [2.05, 4.69) is 44.2 Å². The molecule has 0 saturated carbocycles. The molecule has 0 aliphatic carbocycles. The second-order valence-corrected chi connectivity index (χ2v) is 13.8. The highest BCUT2D eigenvalue weighted by molar-refractivity contribution is 6.74. The Morgan fingerprint density at radius 3 is 2.42 bits per heavy atom. The van der Waals surface area contributed by atoms with Crippen molar-refractivity contribution in [3.63, 3.8) is 0 Å². The van der Waals surface area contributed by atoms with Crippen molar-refractivity contribution in [2.75, 3.05) is 11.5 Å². The second-order valence-electron chi connectivity index (χ2n) is 9.02. The predicted molar refractivity (Wildman–Crippen MR) is 118 cm³/mol. The maximum absolute atomic E-state index is 13.7. The molecule has 3 amide bonds. The number of hydrogen-bond donors (Lipinski definition) is 1. The maximum Gasteiger partial charge on any atom is 0.331 e. The van der Waals surface area contributed by atoms with Crippen molar-refractivity contribution in [3.05, 3.63) is 64.3 Å². The van der Waals surface area contributed by atoms with Gasteiger partial charge in [-0.05, 0) is 23.7 Å². The number of anilines is 1. The first-order valence-corrected chi connectivity index (χ1v) is 12.8. The Bertz CT molecular complexity index is 1020. The third-order valence-corrected chi connectivity index (χ3v) is 10.5. The van der Waals surface area contributed by atoms with Crippen molar-refractivity contribution in [2.24, 2.45) is 0 Å². The Morgan fingerprint density at radius 1 is 1.19 bits per heavy atom. The monoisotopic (exact) mass is 442 g/mol. The van der Waals surface area contributed by atoms with Crippen LogP contribution in [0.15, 0.2) is 48.7 Å². The average Bonchev–Trinajstić information content (AvgIpc) is 2.97. The molecule has 9 nitrogen and oxygen atoms in total. The van der Waals surface area contributed by atoms with Crippen LogP contribution in [0.4, 0.5) is 16.3 Å². The van der Waals surface area contributed by atoms with Gasteiger partial charge in [-0.25, -0.2) is 14.7 Å². The lowest BCUT2D eigenvalue weighted by atomic mass is 9.90. The van der Waals surface area contributed by atoms with Crippen molar-refractivity contribution in [1.82, 2.24) is 10.3 Å². The summed E-state index contributed by atoms with van der Waals surface area (Å²) in [5, 5.41) is 13.8. The summed E-state index contributed by atoms with van der Waals surface area (Å²) in [7, 11) is -2.26. The van der Waals surface area contributed by atoms with Gasteiger partial charge in [-0.15, -0.1) is 0 Å². The maximum atomic E-state index is 13.7. The molecular weight excluding hydrogens is 416 g/mol. The van der Waals surface area contributed by atoms with Crippen LogP contribution in [0, 0.1) is 10.1 Å². The molecule has 1 atom stereocenters. The minimum atomic E-state index is -2.26. The van der Waals surface area contributed by atoms with Crippen molar-refractivity contribution >= 4 is 31.8 Å². The van der Waals surface area contributed by atoms with E-state index in [-0.39, 0.29) is 23.2 Å². The summed E-state index contributed by atoms with van der Waals surface area (Å²) in [4.78, 5) is 42.0. The first kappa shape index (κ1) is 22.6. The molecule has 3 rings (SSSR count). The highest BCUT2D eigenvalue weighted by Gasteiger charge is 2.55. The molecule has 1 aromatic heterocycles. The highest BCUT2D eigenvalue weighted by atomic mass is 28.4. The number of imide groups is 1. The SMILES string of the molecule is CC(C)(C)[Si](C)(C)OCC1(c2ccccc2)NC(=O)N(c2cc([N+](=O)[O-])ccn2)C1=O. The molecule has 164 valence electrons. The zero-order valence-corrected chi connectivity index (χ0v) is 19.2. The van der Waals surface area contributed by atoms with E-state index < -0.39 is 30.7 Å². The molecule has 1 fully saturated rings. The van der Waals surface area contributed by atoms with Crippen LogP contribution in [0.3, 0.4) is 0 Å². The molecule has 1 saturated heterocycles. The number of urea groups is 1. The molecule has 2 heterocycles. The van der Waals surface area contributed by atoms with Crippen LogP contribution >= 0.6 is 0 Å². The van der Waals surface area contributed by atoms with E-state index in [9.17, 15) is 19.7 Å². The number of carbonyl (C=O) groups is 2. The molecule has 31 heavy (non-hydrogen) atoms. The summed E-state index contributed by atoms with van der Waals surface area (Å²) in [6.07, 6.45) is 1.20. The number of hydrogen-bond acceptors (Lipinski definition) is 6. The number of amides is 3. The molecule has 1 aliphatic heterocycles. The van der Waals surface area contributed by atoms with E-state index in [1.165, 1.54) is 12.3 Å². The number of nitrogens with zero attached hydrogens (tertiary/aromatic N) is 3. The second kappa shape index (κ2) is 7.86. The van der Waals surface area contributed by atoms with Crippen LogP contribution in [-0.2, 0) is 14.8 Å². The Balaban J connectivity index is 2.05. The molecule has 0 radical (unpaired) electrons. The van der Waals surface area contributed by atoms with Crippen molar-refractivity contribution in [1.29, 1.82) is 0 Å².